The van der Waals surface area contributed by atoms with Gasteiger partial charge >= 0.3 is 0 Å². The Morgan fingerprint density at radius 2 is 1.69 bits per heavy atom. The van der Waals surface area contributed by atoms with Crippen LogP contribution in [0.2, 0.25) is 0 Å². The SMILES string of the molecule is CC(C)Oc1ccc(C(=O)N2CCCN(C(=O)C(C)(C)C)CC2)cc1F. The van der Waals surface area contributed by atoms with Gasteiger partial charge in [-0.1, -0.05) is 20.8 Å². The second kappa shape index (κ2) is 8.06. The third kappa shape index (κ3) is 4.96. The third-order valence-electron chi connectivity index (χ3n) is 4.25. The minimum atomic E-state index is -0.538. The van der Waals surface area contributed by atoms with Crippen LogP contribution in [-0.2, 0) is 4.79 Å². The van der Waals surface area contributed by atoms with Crippen LogP contribution in [0.1, 0.15) is 51.4 Å². The number of carbonyl (C=O) groups is 2. The Labute approximate surface area is 155 Å². The van der Waals surface area contributed by atoms with Crippen molar-refractivity contribution in [3.05, 3.63) is 29.6 Å². The smallest absolute Gasteiger partial charge is 0.254 e. The van der Waals surface area contributed by atoms with Gasteiger partial charge in [0.25, 0.3) is 5.91 Å². The number of hydrogen-bond acceptors (Lipinski definition) is 3. The molecule has 0 aromatic heterocycles. The third-order valence-corrected chi connectivity index (χ3v) is 4.25. The number of amides is 2. The Balaban J connectivity index is 2.06. The highest BCUT2D eigenvalue weighted by molar-refractivity contribution is 5.94. The molecule has 1 fully saturated rings. The monoisotopic (exact) mass is 364 g/mol. The van der Waals surface area contributed by atoms with Crippen molar-refractivity contribution in [2.45, 2.75) is 47.1 Å². The van der Waals surface area contributed by atoms with Crippen molar-refractivity contribution in [1.82, 2.24) is 9.80 Å². The highest BCUT2D eigenvalue weighted by Gasteiger charge is 2.29. The van der Waals surface area contributed by atoms with Crippen LogP contribution in [0.25, 0.3) is 0 Å². The molecule has 0 saturated carbocycles. The molecule has 5 nitrogen and oxygen atoms in total. The number of carbonyl (C=O) groups excluding carboxylic acids is 2. The predicted octanol–water partition coefficient (Wildman–Crippen LogP) is 3.33. The zero-order valence-corrected chi connectivity index (χ0v) is 16.3. The van der Waals surface area contributed by atoms with E-state index in [0.29, 0.717) is 38.2 Å². The minimum Gasteiger partial charge on any atom is -0.488 e. The summed E-state index contributed by atoms with van der Waals surface area (Å²) in [6.07, 6.45) is 0.577. The van der Waals surface area contributed by atoms with E-state index >= 15 is 0 Å². The van der Waals surface area contributed by atoms with E-state index in [9.17, 15) is 14.0 Å². The zero-order valence-electron chi connectivity index (χ0n) is 16.3. The van der Waals surface area contributed by atoms with E-state index in [1.54, 1.807) is 11.0 Å². The van der Waals surface area contributed by atoms with Crippen LogP contribution in [-0.4, -0.2) is 53.9 Å². The Morgan fingerprint density at radius 1 is 1.08 bits per heavy atom. The molecule has 0 N–H and O–H groups in total. The van der Waals surface area contributed by atoms with Gasteiger partial charge in [-0.3, -0.25) is 9.59 Å². The Kier molecular flexibility index (Phi) is 6.26. The molecule has 0 radical (unpaired) electrons. The van der Waals surface area contributed by atoms with Crippen LogP contribution in [0, 0.1) is 11.2 Å². The van der Waals surface area contributed by atoms with Gasteiger partial charge in [0.1, 0.15) is 0 Å². The highest BCUT2D eigenvalue weighted by atomic mass is 19.1. The van der Waals surface area contributed by atoms with Crippen molar-refractivity contribution in [2.24, 2.45) is 5.41 Å². The highest BCUT2D eigenvalue weighted by Crippen LogP contribution is 2.22. The van der Waals surface area contributed by atoms with Crippen LogP contribution >= 0.6 is 0 Å². The van der Waals surface area contributed by atoms with E-state index in [4.69, 9.17) is 4.74 Å². The van der Waals surface area contributed by atoms with Crippen molar-refractivity contribution < 1.29 is 18.7 Å². The first kappa shape index (κ1) is 20.2. The van der Waals surface area contributed by atoms with Gasteiger partial charge in [-0.05, 0) is 38.5 Å². The zero-order chi connectivity index (χ0) is 19.5. The summed E-state index contributed by atoms with van der Waals surface area (Å²) in [4.78, 5) is 28.7. The molecule has 1 aromatic rings. The van der Waals surface area contributed by atoms with Crippen LogP contribution in [0.3, 0.4) is 0 Å². The maximum atomic E-state index is 14.2. The first-order valence-electron chi connectivity index (χ1n) is 9.14. The summed E-state index contributed by atoms with van der Waals surface area (Å²) in [5.74, 6) is -0.517. The number of hydrogen-bond donors (Lipinski definition) is 0. The fourth-order valence-corrected chi connectivity index (χ4v) is 2.96. The molecule has 1 aliphatic heterocycles. The standard InChI is InChI=1S/C20H29FN2O3/c1-14(2)26-17-8-7-15(13-16(17)21)18(24)22-9-6-10-23(12-11-22)19(25)20(3,4)5/h7-8,13-14H,6,9-12H2,1-5H3. The quantitative estimate of drug-likeness (QED) is 0.827. The maximum absolute atomic E-state index is 14.2. The Hall–Kier alpha value is -2.11. The fourth-order valence-electron chi connectivity index (χ4n) is 2.96. The molecule has 1 aliphatic rings. The molecule has 2 amide bonds. The average molecular weight is 364 g/mol. The minimum absolute atomic E-state index is 0.0908. The van der Waals surface area contributed by atoms with Crippen LogP contribution in [0.15, 0.2) is 18.2 Å². The van der Waals surface area contributed by atoms with Gasteiger partial charge < -0.3 is 14.5 Å². The van der Waals surface area contributed by atoms with E-state index < -0.39 is 11.2 Å². The Bertz CT molecular complexity index is 668. The van der Waals surface area contributed by atoms with Gasteiger partial charge in [0.2, 0.25) is 5.91 Å². The lowest BCUT2D eigenvalue weighted by Gasteiger charge is -2.28. The van der Waals surface area contributed by atoms with Gasteiger partial charge in [-0.25, -0.2) is 4.39 Å². The van der Waals surface area contributed by atoms with Gasteiger partial charge in [0.15, 0.2) is 11.6 Å². The molecule has 0 unspecified atom stereocenters. The van der Waals surface area contributed by atoms with Crippen LogP contribution < -0.4 is 4.74 Å². The number of halogens is 1. The topological polar surface area (TPSA) is 49.9 Å². The van der Waals surface area contributed by atoms with E-state index in [-0.39, 0.29) is 23.7 Å². The van der Waals surface area contributed by atoms with E-state index in [1.807, 2.05) is 39.5 Å². The molecule has 0 spiro atoms. The maximum Gasteiger partial charge on any atom is 0.254 e. The van der Waals surface area contributed by atoms with E-state index in [2.05, 4.69) is 0 Å². The van der Waals surface area contributed by atoms with Crippen molar-refractivity contribution in [2.75, 3.05) is 26.2 Å². The number of benzene rings is 1. The molecular weight excluding hydrogens is 335 g/mol. The summed E-state index contributed by atoms with van der Waals surface area (Å²) in [6, 6.07) is 4.31. The van der Waals surface area contributed by atoms with Gasteiger partial charge in [0.05, 0.1) is 6.10 Å². The molecule has 0 aliphatic carbocycles. The normalized spacial score (nSPS) is 15.8. The predicted molar refractivity (Wildman–Crippen MR) is 98.7 cm³/mol. The summed E-state index contributed by atoms with van der Waals surface area (Å²) in [5.41, 5.74) is -0.136. The van der Waals surface area contributed by atoms with Crippen LogP contribution in [0.5, 0.6) is 5.75 Å². The molecule has 2 rings (SSSR count). The number of rotatable bonds is 3. The summed E-state index contributed by atoms with van der Waals surface area (Å²) < 4.78 is 19.5. The molecule has 0 bridgehead atoms. The lowest BCUT2D eigenvalue weighted by atomic mass is 9.94. The molecular formula is C20H29FN2O3. The molecule has 26 heavy (non-hydrogen) atoms. The van der Waals surface area contributed by atoms with Crippen LogP contribution in [0.4, 0.5) is 4.39 Å². The summed E-state index contributed by atoms with van der Waals surface area (Å²) in [7, 11) is 0. The lowest BCUT2D eigenvalue weighted by Crippen LogP contribution is -2.42. The molecule has 0 atom stereocenters. The van der Waals surface area contributed by atoms with E-state index in [0.717, 1.165) is 0 Å². The summed E-state index contributed by atoms with van der Waals surface area (Å²) in [5, 5.41) is 0. The van der Waals surface area contributed by atoms with Crippen molar-refractivity contribution in [1.29, 1.82) is 0 Å². The molecule has 1 aromatic carbocycles. The second-order valence-corrected chi connectivity index (χ2v) is 8.00. The summed E-state index contributed by atoms with van der Waals surface area (Å²) >= 11 is 0. The molecule has 1 saturated heterocycles. The number of nitrogens with zero attached hydrogens (tertiary/aromatic N) is 2. The van der Waals surface area contributed by atoms with Crippen molar-refractivity contribution >= 4 is 11.8 Å². The molecule has 6 heteroatoms. The largest absolute Gasteiger partial charge is 0.488 e. The fraction of sp³-hybridized carbons (Fsp3) is 0.600. The Morgan fingerprint density at radius 3 is 2.27 bits per heavy atom. The average Bonchev–Trinajstić information content (AvgIpc) is 2.80. The first-order chi connectivity index (χ1) is 12.1. The molecule has 1 heterocycles. The molecule has 144 valence electrons. The van der Waals surface area contributed by atoms with Crippen molar-refractivity contribution in [3.63, 3.8) is 0 Å². The number of ether oxygens (including phenoxy) is 1. The van der Waals surface area contributed by atoms with Crippen molar-refractivity contribution in [3.8, 4) is 5.75 Å². The van der Waals surface area contributed by atoms with E-state index in [1.165, 1.54) is 12.1 Å². The lowest BCUT2D eigenvalue weighted by molar-refractivity contribution is -0.139. The summed E-state index contributed by atoms with van der Waals surface area (Å²) in [6.45, 7) is 11.5. The van der Waals surface area contributed by atoms with Gasteiger partial charge in [-0.2, -0.15) is 0 Å². The van der Waals surface area contributed by atoms with Gasteiger partial charge in [-0.15, -0.1) is 0 Å². The first-order valence-corrected chi connectivity index (χ1v) is 9.14. The van der Waals surface area contributed by atoms with Gasteiger partial charge in [0, 0.05) is 37.2 Å². The second-order valence-electron chi connectivity index (χ2n) is 8.00.